The van der Waals surface area contributed by atoms with E-state index in [1.54, 1.807) is 18.2 Å². The normalized spacial score (nSPS) is 12.7. The number of hydrogen-bond donors (Lipinski definition) is 1. The SMILES string of the molecule is CC(C)N(C(=O)[C@H](C)Sc1nnc(-c2cc(Cl)ccc2Cl)n1N)C(C)C. The number of nitrogens with zero attached hydrogens (tertiary/aromatic N) is 4. The van der Waals surface area contributed by atoms with Crippen LogP contribution in [0.15, 0.2) is 23.4 Å². The van der Waals surface area contributed by atoms with Crippen molar-refractivity contribution in [2.75, 3.05) is 5.84 Å². The number of carbonyl (C=O) groups is 1. The lowest BCUT2D eigenvalue weighted by Crippen LogP contribution is -2.45. The Kier molecular flexibility index (Phi) is 6.82. The van der Waals surface area contributed by atoms with Gasteiger partial charge in [0.25, 0.3) is 0 Å². The van der Waals surface area contributed by atoms with Crippen molar-refractivity contribution in [3.05, 3.63) is 28.2 Å². The average Bonchev–Trinajstić information content (AvgIpc) is 2.89. The smallest absolute Gasteiger partial charge is 0.236 e. The third-order valence-electron chi connectivity index (χ3n) is 3.83. The van der Waals surface area contributed by atoms with Crippen LogP contribution in [0.25, 0.3) is 11.4 Å². The summed E-state index contributed by atoms with van der Waals surface area (Å²) in [5.74, 6) is 6.57. The fourth-order valence-corrected chi connectivity index (χ4v) is 3.93. The zero-order valence-electron chi connectivity index (χ0n) is 15.4. The van der Waals surface area contributed by atoms with Crippen molar-refractivity contribution in [3.63, 3.8) is 0 Å². The first-order chi connectivity index (χ1) is 12.1. The Morgan fingerprint density at radius 2 is 1.77 bits per heavy atom. The Hall–Kier alpha value is -1.44. The van der Waals surface area contributed by atoms with Crippen molar-refractivity contribution in [1.82, 2.24) is 19.8 Å². The van der Waals surface area contributed by atoms with Crippen molar-refractivity contribution in [2.24, 2.45) is 0 Å². The van der Waals surface area contributed by atoms with E-state index >= 15 is 0 Å². The maximum Gasteiger partial charge on any atom is 0.236 e. The minimum Gasteiger partial charge on any atom is -0.337 e. The van der Waals surface area contributed by atoms with Crippen LogP contribution in [0.2, 0.25) is 10.0 Å². The number of benzene rings is 1. The molecule has 0 unspecified atom stereocenters. The highest BCUT2D eigenvalue weighted by atomic mass is 35.5. The van der Waals surface area contributed by atoms with E-state index in [0.717, 1.165) is 0 Å². The molecule has 0 aliphatic carbocycles. The van der Waals surface area contributed by atoms with E-state index in [-0.39, 0.29) is 23.2 Å². The van der Waals surface area contributed by atoms with Gasteiger partial charge in [-0.25, -0.2) is 4.68 Å². The number of nitrogens with two attached hydrogens (primary N) is 1. The second-order valence-electron chi connectivity index (χ2n) is 6.49. The van der Waals surface area contributed by atoms with E-state index in [9.17, 15) is 4.79 Å². The molecule has 0 aliphatic heterocycles. The molecule has 1 aromatic carbocycles. The molecule has 0 spiro atoms. The van der Waals surface area contributed by atoms with Gasteiger partial charge in [0.1, 0.15) is 0 Å². The second-order valence-corrected chi connectivity index (χ2v) is 8.65. The van der Waals surface area contributed by atoms with Gasteiger partial charge in [-0.3, -0.25) is 4.79 Å². The second kappa shape index (κ2) is 8.50. The number of carbonyl (C=O) groups excluding carboxylic acids is 1. The minimum absolute atomic E-state index is 0.0327. The van der Waals surface area contributed by atoms with Gasteiger partial charge in [0, 0.05) is 22.7 Å². The molecule has 0 saturated heterocycles. The van der Waals surface area contributed by atoms with Gasteiger partial charge in [-0.15, -0.1) is 10.2 Å². The molecule has 0 saturated carbocycles. The molecule has 26 heavy (non-hydrogen) atoms. The number of rotatable bonds is 6. The summed E-state index contributed by atoms with van der Waals surface area (Å²) in [4.78, 5) is 14.6. The Morgan fingerprint density at radius 1 is 1.15 bits per heavy atom. The first-order valence-electron chi connectivity index (χ1n) is 8.28. The fraction of sp³-hybridized carbons (Fsp3) is 0.471. The molecule has 0 radical (unpaired) electrons. The van der Waals surface area contributed by atoms with Crippen molar-refractivity contribution < 1.29 is 4.79 Å². The Balaban J connectivity index is 2.25. The molecule has 1 amide bonds. The van der Waals surface area contributed by atoms with Crippen molar-refractivity contribution in [2.45, 2.75) is 57.1 Å². The van der Waals surface area contributed by atoms with Gasteiger partial charge in [-0.1, -0.05) is 35.0 Å². The zero-order chi connectivity index (χ0) is 19.6. The van der Waals surface area contributed by atoms with Crippen LogP contribution in [0, 0.1) is 0 Å². The molecule has 0 fully saturated rings. The minimum atomic E-state index is -0.353. The van der Waals surface area contributed by atoms with E-state index in [0.29, 0.717) is 26.6 Å². The van der Waals surface area contributed by atoms with Gasteiger partial charge in [0.15, 0.2) is 5.82 Å². The highest BCUT2D eigenvalue weighted by Gasteiger charge is 2.27. The number of thioether (sulfide) groups is 1. The van der Waals surface area contributed by atoms with Crippen molar-refractivity contribution in [3.8, 4) is 11.4 Å². The maximum atomic E-state index is 12.8. The number of nitrogen functional groups attached to an aromatic ring is 1. The van der Waals surface area contributed by atoms with Crippen LogP contribution >= 0.6 is 35.0 Å². The summed E-state index contributed by atoms with van der Waals surface area (Å²) in [7, 11) is 0. The monoisotopic (exact) mass is 415 g/mol. The van der Waals surface area contributed by atoms with E-state index in [1.165, 1.54) is 16.4 Å². The van der Waals surface area contributed by atoms with Crippen LogP contribution in [-0.2, 0) is 4.79 Å². The highest BCUT2D eigenvalue weighted by molar-refractivity contribution is 8.00. The lowest BCUT2D eigenvalue weighted by Gasteiger charge is -2.32. The fourth-order valence-electron chi connectivity index (χ4n) is 2.73. The third kappa shape index (κ3) is 4.45. The Labute approximate surface area is 168 Å². The summed E-state index contributed by atoms with van der Waals surface area (Å²) >= 11 is 13.5. The van der Waals surface area contributed by atoms with E-state index in [2.05, 4.69) is 10.2 Å². The quantitative estimate of drug-likeness (QED) is 0.567. The van der Waals surface area contributed by atoms with Crippen molar-refractivity contribution in [1.29, 1.82) is 0 Å². The molecule has 142 valence electrons. The molecule has 9 heteroatoms. The standard InChI is InChI=1S/C17H23Cl2N5OS/c1-9(2)23(10(3)4)16(25)11(5)26-17-22-21-15(24(17)20)13-8-12(18)6-7-14(13)19/h6-11H,20H2,1-5H3/t11-/m0/s1. The molecular weight excluding hydrogens is 393 g/mol. The molecule has 2 N–H and O–H groups in total. The van der Waals surface area contributed by atoms with E-state index in [4.69, 9.17) is 29.0 Å². The Bertz CT molecular complexity index is 785. The summed E-state index contributed by atoms with van der Waals surface area (Å²) in [6.45, 7) is 9.84. The number of halogens is 2. The predicted octanol–water partition coefficient (Wildman–Crippen LogP) is 4.09. The molecule has 1 heterocycles. The Morgan fingerprint density at radius 3 is 2.35 bits per heavy atom. The first-order valence-corrected chi connectivity index (χ1v) is 9.91. The third-order valence-corrected chi connectivity index (χ3v) is 5.44. The largest absolute Gasteiger partial charge is 0.337 e. The number of amides is 1. The molecule has 0 aliphatic rings. The van der Waals surface area contributed by atoms with E-state index < -0.39 is 0 Å². The number of aromatic nitrogens is 3. The summed E-state index contributed by atoms with van der Waals surface area (Å²) in [6.07, 6.45) is 0. The maximum absolute atomic E-state index is 12.8. The molecule has 2 aromatic rings. The molecule has 1 aromatic heterocycles. The van der Waals surface area contributed by atoms with Gasteiger partial charge in [0.2, 0.25) is 11.1 Å². The van der Waals surface area contributed by atoms with Gasteiger partial charge in [-0.2, -0.15) is 0 Å². The lowest BCUT2D eigenvalue weighted by molar-refractivity contribution is -0.133. The van der Waals surface area contributed by atoms with Crippen LogP contribution < -0.4 is 5.84 Å². The number of hydrogen-bond acceptors (Lipinski definition) is 5. The first kappa shape index (κ1) is 20.9. The summed E-state index contributed by atoms with van der Waals surface area (Å²) < 4.78 is 1.33. The predicted molar refractivity (Wildman–Crippen MR) is 108 cm³/mol. The van der Waals surface area contributed by atoms with Gasteiger partial charge in [-0.05, 0) is 52.8 Å². The summed E-state index contributed by atoms with van der Waals surface area (Å²) in [5.41, 5.74) is 0.589. The van der Waals surface area contributed by atoms with Gasteiger partial charge < -0.3 is 10.7 Å². The van der Waals surface area contributed by atoms with E-state index in [1.807, 2.05) is 39.5 Å². The summed E-state index contributed by atoms with van der Waals surface area (Å²) in [5, 5.41) is 9.30. The topological polar surface area (TPSA) is 77.0 Å². The van der Waals surface area contributed by atoms with Crippen LogP contribution in [0.1, 0.15) is 34.6 Å². The van der Waals surface area contributed by atoms with Gasteiger partial charge in [0.05, 0.1) is 10.3 Å². The van der Waals surface area contributed by atoms with Crippen LogP contribution in [0.3, 0.4) is 0 Å². The average molecular weight is 416 g/mol. The lowest BCUT2D eigenvalue weighted by atomic mass is 10.2. The van der Waals surface area contributed by atoms with Crippen LogP contribution in [0.4, 0.5) is 0 Å². The summed E-state index contributed by atoms with van der Waals surface area (Å²) in [6, 6.07) is 5.27. The molecule has 2 rings (SSSR count). The van der Waals surface area contributed by atoms with Crippen molar-refractivity contribution >= 4 is 40.9 Å². The zero-order valence-corrected chi connectivity index (χ0v) is 17.7. The van der Waals surface area contributed by atoms with Crippen LogP contribution in [-0.4, -0.2) is 43.0 Å². The molecular formula is C17H23Cl2N5OS. The molecule has 6 nitrogen and oxygen atoms in total. The van der Waals surface area contributed by atoms with Gasteiger partial charge >= 0.3 is 0 Å². The highest BCUT2D eigenvalue weighted by Crippen LogP contribution is 2.31. The molecule has 1 atom stereocenters. The van der Waals surface area contributed by atoms with Crippen LogP contribution in [0.5, 0.6) is 0 Å². The molecule has 0 bridgehead atoms.